The van der Waals surface area contributed by atoms with Crippen LogP contribution in [-0.4, -0.2) is 32.3 Å². The first-order chi connectivity index (χ1) is 16.2. The summed E-state index contributed by atoms with van der Waals surface area (Å²) in [6, 6.07) is 10.00. The molecule has 0 saturated carbocycles. The van der Waals surface area contributed by atoms with E-state index in [1.54, 1.807) is 25.1 Å². The molecule has 10 heteroatoms. The fourth-order valence-corrected chi connectivity index (χ4v) is 4.44. The van der Waals surface area contributed by atoms with Gasteiger partial charge in [-0.2, -0.15) is 0 Å². The Morgan fingerprint density at radius 1 is 1.15 bits per heavy atom. The number of nitrogens with one attached hydrogen (secondary N) is 2. The lowest BCUT2D eigenvalue weighted by atomic mass is 10.1. The van der Waals surface area contributed by atoms with E-state index in [4.69, 9.17) is 23.2 Å². The fourth-order valence-electron chi connectivity index (χ4n) is 3.19. The summed E-state index contributed by atoms with van der Waals surface area (Å²) in [6.07, 6.45) is 1.71. The van der Waals surface area contributed by atoms with Crippen molar-refractivity contribution in [3.63, 3.8) is 0 Å². The summed E-state index contributed by atoms with van der Waals surface area (Å²) >= 11 is 13.3. The molecule has 0 aliphatic carbocycles. The van der Waals surface area contributed by atoms with E-state index in [0.29, 0.717) is 28.1 Å². The van der Waals surface area contributed by atoms with Crippen LogP contribution in [0.4, 0.5) is 5.69 Å². The Morgan fingerprint density at radius 3 is 2.59 bits per heavy atom. The molecule has 0 bridgehead atoms. The minimum atomic E-state index is -0.467. The van der Waals surface area contributed by atoms with E-state index in [1.807, 2.05) is 36.6 Å². The number of halogens is 2. The number of carbonyl (C=O) groups is 2. The van der Waals surface area contributed by atoms with E-state index in [0.717, 1.165) is 16.8 Å². The van der Waals surface area contributed by atoms with Gasteiger partial charge in [-0.05, 0) is 62.2 Å². The Kier molecular flexibility index (Phi) is 8.77. The number of carbonyl (C=O) groups excluding carboxylic acids is 2. The molecular formula is C24H25Cl2N5O2S. The summed E-state index contributed by atoms with van der Waals surface area (Å²) in [7, 11) is 0. The maximum Gasteiger partial charge on any atom is 0.253 e. The number of hydrogen-bond acceptors (Lipinski definition) is 5. The fraction of sp³-hybridized carbons (Fsp3) is 0.250. The van der Waals surface area contributed by atoms with Crippen molar-refractivity contribution in [3.05, 3.63) is 81.6 Å². The number of rotatable bonds is 9. The molecular weight excluding hydrogens is 493 g/mol. The zero-order chi connectivity index (χ0) is 24.8. The predicted octanol–water partition coefficient (Wildman–Crippen LogP) is 5.61. The average Bonchev–Trinajstić information content (AvgIpc) is 3.17. The van der Waals surface area contributed by atoms with Crippen LogP contribution >= 0.6 is 35.0 Å². The van der Waals surface area contributed by atoms with Crippen molar-refractivity contribution in [1.29, 1.82) is 0 Å². The summed E-state index contributed by atoms with van der Waals surface area (Å²) < 4.78 is 1.81. The summed E-state index contributed by atoms with van der Waals surface area (Å²) in [6.45, 7) is 10.0. The van der Waals surface area contributed by atoms with Crippen LogP contribution in [0.2, 0.25) is 10.0 Å². The van der Waals surface area contributed by atoms with E-state index >= 15 is 0 Å². The Hall–Kier alpha value is -2.81. The molecule has 0 saturated heterocycles. The van der Waals surface area contributed by atoms with Crippen LogP contribution in [0.1, 0.15) is 40.3 Å². The van der Waals surface area contributed by atoms with E-state index in [1.165, 1.54) is 17.8 Å². The van der Waals surface area contributed by atoms with Gasteiger partial charge in [0.2, 0.25) is 5.91 Å². The largest absolute Gasteiger partial charge is 0.342 e. The van der Waals surface area contributed by atoms with Gasteiger partial charge in [0.25, 0.3) is 5.91 Å². The molecule has 0 aliphatic heterocycles. The molecule has 0 radical (unpaired) electrons. The molecule has 2 N–H and O–H groups in total. The molecule has 0 fully saturated rings. The lowest BCUT2D eigenvalue weighted by Gasteiger charge is -2.16. The third kappa shape index (κ3) is 6.40. The van der Waals surface area contributed by atoms with Crippen LogP contribution in [0, 0.1) is 13.8 Å². The van der Waals surface area contributed by atoms with Crippen molar-refractivity contribution in [2.24, 2.45) is 0 Å². The highest BCUT2D eigenvalue weighted by molar-refractivity contribution is 7.99. The van der Waals surface area contributed by atoms with Crippen molar-refractivity contribution in [2.75, 3.05) is 11.1 Å². The second-order valence-corrected chi connectivity index (χ2v) is 9.48. The normalized spacial score (nSPS) is 11.7. The Balaban J connectivity index is 1.68. The number of anilines is 1. The number of amides is 2. The molecule has 3 aromatic rings. The maximum absolute atomic E-state index is 12.7. The lowest BCUT2D eigenvalue weighted by molar-refractivity contribution is -0.113. The van der Waals surface area contributed by atoms with Crippen LogP contribution < -0.4 is 10.6 Å². The van der Waals surface area contributed by atoms with Crippen LogP contribution in [0.3, 0.4) is 0 Å². The van der Waals surface area contributed by atoms with E-state index < -0.39 is 6.04 Å². The number of hydrogen-bond donors (Lipinski definition) is 2. The van der Waals surface area contributed by atoms with Crippen LogP contribution in [0.25, 0.3) is 0 Å². The highest BCUT2D eigenvalue weighted by atomic mass is 35.5. The van der Waals surface area contributed by atoms with Gasteiger partial charge in [0, 0.05) is 17.3 Å². The molecule has 0 spiro atoms. The van der Waals surface area contributed by atoms with E-state index in [2.05, 4.69) is 27.4 Å². The van der Waals surface area contributed by atoms with Crippen LogP contribution in [-0.2, 0) is 11.3 Å². The first kappa shape index (κ1) is 25.8. The van der Waals surface area contributed by atoms with Gasteiger partial charge in [-0.1, -0.05) is 47.1 Å². The van der Waals surface area contributed by atoms with Crippen molar-refractivity contribution in [1.82, 2.24) is 20.1 Å². The molecule has 3 rings (SSSR count). The molecule has 178 valence electrons. The maximum atomic E-state index is 12.7. The monoisotopic (exact) mass is 517 g/mol. The molecule has 1 aromatic heterocycles. The standard InChI is InChI=1S/C24H25Cl2N5O2S/c1-5-10-31-22(16(4)27-23(33)19-9-7-17(25)12-20(19)26)29-30-24(31)34-13-21(32)28-18-8-6-14(2)15(3)11-18/h5-9,11-12,16H,1,10,13H2,2-4H3,(H,27,33)(H,28,32)/t16-/m0/s1. The zero-order valence-electron chi connectivity index (χ0n) is 19.1. The predicted molar refractivity (Wildman–Crippen MR) is 138 cm³/mol. The minimum Gasteiger partial charge on any atom is -0.342 e. The first-order valence-electron chi connectivity index (χ1n) is 10.5. The topological polar surface area (TPSA) is 88.9 Å². The number of aromatic nitrogens is 3. The summed E-state index contributed by atoms with van der Waals surface area (Å²) in [5, 5.41) is 15.5. The smallest absolute Gasteiger partial charge is 0.253 e. The highest BCUT2D eigenvalue weighted by Crippen LogP contribution is 2.24. The number of benzene rings is 2. The molecule has 2 amide bonds. The van der Waals surface area contributed by atoms with Gasteiger partial charge in [-0.25, -0.2) is 0 Å². The average molecular weight is 518 g/mol. The Bertz CT molecular complexity index is 1230. The zero-order valence-corrected chi connectivity index (χ0v) is 21.4. The molecule has 34 heavy (non-hydrogen) atoms. The minimum absolute atomic E-state index is 0.151. The van der Waals surface area contributed by atoms with Crippen molar-refractivity contribution in [2.45, 2.75) is 38.5 Å². The Labute approximate surface area is 212 Å². The highest BCUT2D eigenvalue weighted by Gasteiger charge is 2.21. The number of allylic oxidation sites excluding steroid dienone is 1. The van der Waals surface area contributed by atoms with Crippen molar-refractivity contribution >= 4 is 52.5 Å². The van der Waals surface area contributed by atoms with Gasteiger partial charge in [-0.3, -0.25) is 9.59 Å². The molecule has 1 heterocycles. The molecule has 0 aliphatic rings. The second kappa shape index (κ2) is 11.6. The van der Waals surface area contributed by atoms with Crippen LogP contribution in [0.15, 0.2) is 54.2 Å². The van der Waals surface area contributed by atoms with Crippen molar-refractivity contribution < 1.29 is 9.59 Å². The molecule has 0 unspecified atom stereocenters. The quantitative estimate of drug-likeness (QED) is 0.284. The SMILES string of the molecule is C=CCn1c(SCC(=O)Nc2ccc(C)c(C)c2)nnc1[C@H](C)NC(=O)c1ccc(Cl)cc1Cl. The number of thioether (sulfide) groups is 1. The van der Waals surface area contributed by atoms with Gasteiger partial charge in [-0.15, -0.1) is 16.8 Å². The van der Waals surface area contributed by atoms with Gasteiger partial charge in [0.15, 0.2) is 11.0 Å². The second-order valence-electron chi connectivity index (χ2n) is 7.70. The molecule has 7 nitrogen and oxygen atoms in total. The number of nitrogens with zero attached hydrogens (tertiary/aromatic N) is 3. The first-order valence-corrected chi connectivity index (χ1v) is 12.2. The lowest BCUT2D eigenvalue weighted by Crippen LogP contribution is -2.29. The number of aryl methyl sites for hydroxylation is 2. The van der Waals surface area contributed by atoms with Gasteiger partial charge < -0.3 is 15.2 Å². The van der Waals surface area contributed by atoms with Gasteiger partial charge in [0.05, 0.1) is 22.4 Å². The van der Waals surface area contributed by atoms with E-state index in [9.17, 15) is 9.59 Å². The van der Waals surface area contributed by atoms with E-state index in [-0.39, 0.29) is 22.6 Å². The van der Waals surface area contributed by atoms with Gasteiger partial charge in [0.1, 0.15) is 0 Å². The summed E-state index contributed by atoms with van der Waals surface area (Å²) in [4.78, 5) is 25.2. The molecule has 1 atom stereocenters. The summed E-state index contributed by atoms with van der Waals surface area (Å²) in [5.41, 5.74) is 3.33. The third-order valence-electron chi connectivity index (χ3n) is 5.09. The summed E-state index contributed by atoms with van der Waals surface area (Å²) in [5.74, 6) is 0.185. The van der Waals surface area contributed by atoms with Crippen molar-refractivity contribution in [3.8, 4) is 0 Å². The third-order valence-corrected chi connectivity index (χ3v) is 6.61. The van der Waals surface area contributed by atoms with Gasteiger partial charge >= 0.3 is 0 Å². The molecule has 2 aromatic carbocycles. The Morgan fingerprint density at radius 2 is 1.91 bits per heavy atom. The van der Waals surface area contributed by atoms with Crippen LogP contribution in [0.5, 0.6) is 0 Å².